The van der Waals surface area contributed by atoms with E-state index >= 15 is 0 Å². The fourth-order valence-corrected chi connectivity index (χ4v) is 2.13. The Balaban J connectivity index is 2.30. The molecule has 1 fully saturated rings. The number of carbonyl (C=O) groups is 2. The van der Waals surface area contributed by atoms with Gasteiger partial charge in [-0.3, -0.25) is 9.59 Å². The molecule has 2 amide bonds. The van der Waals surface area contributed by atoms with Gasteiger partial charge in [-0.15, -0.1) is 0 Å². The summed E-state index contributed by atoms with van der Waals surface area (Å²) in [4.78, 5) is 25.3. The van der Waals surface area contributed by atoms with E-state index in [2.05, 4.69) is 5.32 Å². The van der Waals surface area contributed by atoms with Crippen molar-refractivity contribution in [1.82, 2.24) is 10.2 Å². The second-order valence-electron chi connectivity index (χ2n) is 5.44. The molecule has 2 atom stereocenters. The highest BCUT2D eigenvalue weighted by Crippen LogP contribution is 2.16. The van der Waals surface area contributed by atoms with Gasteiger partial charge in [-0.05, 0) is 12.3 Å². The average Bonchev–Trinajstić information content (AvgIpc) is 2.83. The minimum absolute atomic E-state index is 0.0267. The molecule has 110 valence electrons. The van der Waals surface area contributed by atoms with Gasteiger partial charge in [0.2, 0.25) is 11.8 Å². The first-order valence-electron chi connectivity index (χ1n) is 6.75. The third-order valence-corrected chi connectivity index (χ3v) is 3.48. The van der Waals surface area contributed by atoms with Crippen molar-refractivity contribution in [1.29, 1.82) is 0 Å². The molecule has 1 aliphatic rings. The molecule has 0 saturated carbocycles. The zero-order valence-corrected chi connectivity index (χ0v) is 12.0. The molecule has 1 saturated heterocycles. The Bertz CT molecular complexity index is 320. The lowest BCUT2D eigenvalue weighted by atomic mass is 10.1. The molecule has 0 bridgehead atoms. The molecule has 6 heteroatoms. The summed E-state index contributed by atoms with van der Waals surface area (Å²) in [6.07, 6.45) is 0.957. The van der Waals surface area contributed by atoms with Gasteiger partial charge in [0.25, 0.3) is 0 Å². The summed E-state index contributed by atoms with van der Waals surface area (Å²) >= 11 is 0. The largest absolute Gasteiger partial charge is 0.384 e. The molecule has 0 aromatic carbocycles. The van der Waals surface area contributed by atoms with Crippen molar-refractivity contribution in [3.8, 4) is 0 Å². The van der Waals surface area contributed by atoms with Crippen LogP contribution in [0.25, 0.3) is 0 Å². The van der Waals surface area contributed by atoms with Gasteiger partial charge < -0.3 is 20.7 Å². The summed E-state index contributed by atoms with van der Waals surface area (Å²) in [7, 11) is 1.66. The zero-order chi connectivity index (χ0) is 14.4. The predicted octanol–water partition coefficient (Wildman–Crippen LogP) is -0.419. The van der Waals surface area contributed by atoms with Crippen molar-refractivity contribution >= 4 is 11.8 Å². The summed E-state index contributed by atoms with van der Waals surface area (Å²) in [5, 5.41) is 2.60. The van der Waals surface area contributed by atoms with E-state index in [4.69, 9.17) is 10.5 Å². The van der Waals surface area contributed by atoms with Gasteiger partial charge in [0.1, 0.15) is 0 Å². The summed E-state index contributed by atoms with van der Waals surface area (Å²) in [6, 6.07) is -0.562. The van der Waals surface area contributed by atoms with Crippen molar-refractivity contribution < 1.29 is 14.3 Å². The summed E-state index contributed by atoms with van der Waals surface area (Å²) < 4.78 is 5.09. The standard InChI is InChI=1S/C13H25N3O3/c1-9(2)12(14)13(18)15-6-11(17)16-5-4-10(7-16)8-19-3/h9-10,12H,4-8,14H2,1-3H3,(H,15,18)/t10?,12-/m0/s1. The molecular formula is C13H25N3O3. The molecular weight excluding hydrogens is 246 g/mol. The van der Waals surface area contributed by atoms with Gasteiger partial charge in [-0.25, -0.2) is 0 Å². The number of carbonyl (C=O) groups excluding carboxylic acids is 2. The average molecular weight is 271 g/mol. The Morgan fingerprint density at radius 3 is 2.74 bits per heavy atom. The van der Waals surface area contributed by atoms with Crippen molar-refractivity contribution in [2.45, 2.75) is 26.3 Å². The quantitative estimate of drug-likeness (QED) is 0.687. The Labute approximate surface area is 114 Å². The molecule has 0 aromatic rings. The monoisotopic (exact) mass is 271 g/mol. The first kappa shape index (κ1) is 15.9. The van der Waals surface area contributed by atoms with E-state index in [-0.39, 0.29) is 24.3 Å². The third kappa shape index (κ3) is 4.80. The Morgan fingerprint density at radius 2 is 2.16 bits per heavy atom. The first-order valence-corrected chi connectivity index (χ1v) is 6.75. The molecule has 19 heavy (non-hydrogen) atoms. The smallest absolute Gasteiger partial charge is 0.241 e. The molecule has 0 spiro atoms. The highest BCUT2D eigenvalue weighted by atomic mass is 16.5. The first-order chi connectivity index (χ1) is 8.95. The third-order valence-electron chi connectivity index (χ3n) is 3.48. The van der Waals surface area contributed by atoms with Crippen LogP contribution in [0, 0.1) is 11.8 Å². The van der Waals surface area contributed by atoms with Crippen LogP contribution in [-0.4, -0.2) is 56.1 Å². The van der Waals surface area contributed by atoms with Crippen LogP contribution in [0.3, 0.4) is 0 Å². The number of methoxy groups -OCH3 is 1. The minimum atomic E-state index is -0.562. The number of hydrogen-bond donors (Lipinski definition) is 2. The van der Waals surface area contributed by atoms with E-state index in [1.807, 2.05) is 13.8 Å². The second kappa shape index (κ2) is 7.45. The lowest BCUT2D eigenvalue weighted by molar-refractivity contribution is -0.132. The van der Waals surface area contributed by atoms with Crippen molar-refractivity contribution in [3.63, 3.8) is 0 Å². The number of ether oxygens (including phenoxy) is 1. The molecule has 1 aliphatic heterocycles. The van der Waals surface area contributed by atoms with Crippen LogP contribution in [0.2, 0.25) is 0 Å². The van der Waals surface area contributed by atoms with Crippen LogP contribution >= 0.6 is 0 Å². The van der Waals surface area contributed by atoms with Crippen molar-refractivity contribution in [2.75, 3.05) is 33.4 Å². The predicted molar refractivity (Wildman–Crippen MR) is 72.4 cm³/mol. The number of hydrogen-bond acceptors (Lipinski definition) is 4. The van der Waals surface area contributed by atoms with E-state index < -0.39 is 6.04 Å². The van der Waals surface area contributed by atoms with Gasteiger partial charge >= 0.3 is 0 Å². The number of nitrogens with two attached hydrogens (primary N) is 1. The number of nitrogens with one attached hydrogen (secondary N) is 1. The number of likely N-dealkylation sites (tertiary alicyclic amines) is 1. The highest BCUT2D eigenvalue weighted by Gasteiger charge is 2.26. The van der Waals surface area contributed by atoms with Crippen LogP contribution in [-0.2, 0) is 14.3 Å². The molecule has 3 N–H and O–H groups in total. The second-order valence-corrected chi connectivity index (χ2v) is 5.44. The lowest BCUT2D eigenvalue weighted by Crippen LogP contribution is -2.47. The van der Waals surface area contributed by atoms with Gasteiger partial charge in [0.05, 0.1) is 19.2 Å². The van der Waals surface area contributed by atoms with Crippen LogP contribution in [0.5, 0.6) is 0 Å². The number of rotatable bonds is 6. The Hall–Kier alpha value is -1.14. The molecule has 0 radical (unpaired) electrons. The van der Waals surface area contributed by atoms with Gasteiger partial charge in [-0.1, -0.05) is 13.8 Å². The van der Waals surface area contributed by atoms with E-state index in [1.54, 1.807) is 12.0 Å². The number of amides is 2. The highest BCUT2D eigenvalue weighted by molar-refractivity contribution is 5.87. The van der Waals surface area contributed by atoms with Crippen molar-refractivity contribution in [3.05, 3.63) is 0 Å². The lowest BCUT2D eigenvalue weighted by Gasteiger charge is -2.19. The molecule has 1 heterocycles. The normalized spacial score (nSPS) is 20.7. The maximum atomic E-state index is 11.9. The van der Waals surface area contributed by atoms with E-state index in [0.717, 1.165) is 13.0 Å². The summed E-state index contributed by atoms with van der Waals surface area (Å²) in [5.74, 6) is 0.148. The maximum absolute atomic E-state index is 11.9. The van der Waals surface area contributed by atoms with Crippen LogP contribution in [0.15, 0.2) is 0 Å². The maximum Gasteiger partial charge on any atom is 0.241 e. The summed E-state index contributed by atoms with van der Waals surface area (Å²) in [6.45, 7) is 5.90. The van der Waals surface area contributed by atoms with E-state index in [0.29, 0.717) is 19.1 Å². The van der Waals surface area contributed by atoms with Gasteiger partial charge in [0, 0.05) is 26.1 Å². The molecule has 0 aromatic heterocycles. The topological polar surface area (TPSA) is 84.7 Å². The van der Waals surface area contributed by atoms with Crippen LogP contribution < -0.4 is 11.1 Å². The van der Waals surface area contributed by atoms with Crippen LogP contribution in [0.4, 0.5) is 0 Å². The van der Waals surface area contributed by atoms with Gasteiger partial charge in [-0.2, -0.15) is 0 Å². The van der Waals surface area contributed by atoms with E-state index in [1.165, 1.54) is 0 Å². The SMILES string of the molecule is COCC1CCN(C(=O)CNC(=O)[C@@H](N)C(C)C)C1. The Kier molecular flexibility index (Phi) is 6.24. The minimum Gasteiger partial charge on any atom is -0.384 e. The molecule has 1 rings (SSSR count). The van der Waals surface area contributed by atoms with Crippen LogP contribution in [0.1, 0.15) is 20.3 Å². The molecule has 1 unspecified atom stereocenters. The fraction of sp³-hybridized carbons (Fsp3) is 0.846. The Morgan fingerprint density at radius 1 is 1.47 bits per heavy atom. The molecule has 6 nitrogen and oxygen atoms in total. The fourth-order valence-electron chi connectivity index (χ4n) is 2.13. The van der Waals surface area contributed by atoms with E-state index in [9.17, 15) is 9.59 Å². The van der Waals surface area contributed by atoms with Gasteiger partial charge in [0.15, 0.2) is 0 Å². The summed E-state index contributed by atoms with van der Waals surface area (Å²) in [5.41, 5.74) is 5.71. The number of nitrogens with zero attached hydrogens (tertiary/aromatic N) is 1. The zero-order valence-electron chi connectivity index (χ0n) is 12.0. The van der Waals surface area contributed by atoms with Crippen molar-refractivity contribution in [2.24, 2.45) is 17.6 Å². The molecule has 0 aliphatic carbocycles.